The van der Waals surface area contributed by atoms with Gasteiger partial charge in [-0.2, -0.15) is 0 Å². The van der Waals surface area contributed by atoms with Gasteiger partial charge in [0.05, 0.1) is 0 Å². The first kappa shape index (κ1) is 11.3. The number of hydrogen-bond acceptors (Lipinski definition) is 1. The molecule has 0 aromatic heterocycles. The van der Waals surface area contributed by atoms with Crippen LogP contribution >= 0.6 is 15.9 Å². The van der Waals surface area contributed by atoms with Gasteiger partial charge in [-0.25, -0.2) is 0 Å². The van der Waals surface area contributed by atoms with Crippen LogP contribution in [0, 0.1) is 11.8 Å². The van der Waals surface area contributed by atoms with Gasteiger partial charge in [0.2, 0.25) is 0 Å². The van der Waals surface area contributed by atoms with E-state index in [9.17, 15) is 0 Å². The van der Waals surface area contributed by atoms with Gasteiger partial charge in [-0.15, -0.1) is 0 Å². The van der Waals surface area contributed by atoms with Crippen LogP contribution in [-0.2, 0) is 4.74 Å². The molecule has 0 aromatic rings. The first-order chi connectivity index (χ1) is 6.24. The topological polar surface area (TPSA) is 9.23 Å². The second-order valence-corrected chi connectivity index (χ2v) is 4.54. The molecule has 1 heterocycles. The van der Waals surface area contributed by atoms with E-state index in [2.05, 4.69) is 35.9 Å². The molecule has 2 heteroatoms. The maximum atomic E-state index is 5.33. The SMILES string of the molecule is CC(C)C(=CC1CCOCC1)CBr. The number of alkyl halides is 1. The van der Waals surface area contributed by atoms with Crippen LogP contribution in [0.2, 0.25) is 0 Å². The third kappa shape index (κ3) is 3.82. The molecule has 1 rings (SSSR count). The molecule has 1 saturated heterocycles. The Bertz CT molecular complexity index is 169. The fourth-order valence-electron chi connectivity index (χ4n) is 1.58. The summed E-state index contributed by atoms with van der Waals surface area (Å²) < 4.78 is 5.33. The maximum Gasteiger partial charge on any atom is 0.0471 e. The van der Waals surface area contributed by atoms with Crippen molar-refractivity contribution in [1.82, 2.24) is 0 Å². The van der Waals surface area contributed by atoms with Crippen LogP contribution in [0.5, 0.6) is 0 Å². The molecule has 0 N–H and O–H groups in total. The maximum absolute atomic E-state index is 5.33. The number of halogens is 1. The van der Waals surface area contributed by atoms with Crippen molar-refractivity contribution < 1.29 is 4.74 Å². The number of ether oxygens (including phenoxy) is 1. The van der Waals surface area contributed by atoms with Crippen LogP contribution in [-0.4, -0.2) is 18.5 Å². The molecular weight excluding hydrogens is 228 g/mol. The molecule has 1 aliphatic heterocycles. The van der Waals surface area contributed by atoms with Crippen LogP contribution < -0.4 is 0 Å². The molecule has 1 fully saturated rings. The molecule has 0 atom stereocenters. The van der Waals surface area contributed by atoms with Crippen molar-refractivity contribution in [3.8, 4) is 0 Å². The molecule has 0 aromatic carbocycles. The predicted octanol–water partition coefficient (Wildman–Crippen LogP) is 3.39. The molecule has 0 saturated carbocycles. The first-order valence-corrected chi connectivity index (χ1v) is 6.20. The van der Waals surface area contributed by atoms with Crippen LogP contribution in [0.25, 0.3) is 0 Å². The summed E-state index contributed by atoms with van der Waals surface area (Å²) in [5, 5.41) is 1.02. The van der Waals surface area contributed by atoms with E-state index in [1.807, 2.05) is 0 Å². The second-order valence-electron chi connectivity index (χ2n) is 3.98. The molecule has 1 nitrogen and oxygen atoms in total. The molecule has 0 aliphatic carbocycles. The third-order valence-corrected chi connectivity index (χ3v) is 3.26. The quantitative estimate of drug-likeness (QED) is 0.548. The van der Waals surface area contributed by atoms with Crippen molar-refractivity contribution in [2.75, 3.05) is 18.5 Å². The Morgan fingerprint density at radius 2 is 2.08 bits per heavy atom. The van der Waals surface area contributed by atoms with E-state index in [0.717, 1.165) is 24.5 Å². The summed E-state index contributed by atoms with van der Waals surface area (Å²) in [7, 11) is 0. The lowest BCUT2D eigenvalue weighted by atomic mass is 9.94. The molecule has 0 unspecified atom stereocenters. The zero-order valence-corrected chi connectivity index (χ0v) is 10.1. The van der Waals surface area contributed by atoms with Crippen molar-refractivity contribution in [3.05, 3.63) is 11.6 Å². The summed E-state index contributed by atoms with van der Waals surface area (Å²) in [6, 6.07) is 0. The van der Waals surface area contributed by atoms with Crippen molar-refractivity contribution in [2.24, 2.45) is 11.8 Å². The summed E-state index contributed by atoms with van der Waals surface area (Å²) >= 11 is 3.54. The minimum atomic E-state index is 0.669. The summed E-state index contributed by atoms with van der Waals surface area (Å²) in [6.07, 6.45) is 4.84. The number of allylic oxidation sites excluding steroid dienone is 2. The zero-order chi connectivity index (χ0) is 9.68. The minimum absolute atomic E-state index is 0.669. The fraction of sp³-hybridized carbons (Fsp3) is 0.818. The lowest BCUT2D eigenvalue weighted by Gasteiger charge is -2.21. The van der Waals surface area contributed by atoms with E-state index in [1.165, 1.54) is 18.4 Å². The molecule has 76 valence electrons. The van der Waals surface area contributed by atoms with E-state index >= 15 is 0 Å². The van der Waals surface area contributed by atoms with Crippen molar-refractivity contribution in [2.45, 2.75) is 26.7 Å². The van der Waals surface area contributed by atoms with Gasteiger partial charge in [0, 0.05) is 18.5 Å². The molecule has 1 aliphatic rings. The Labute approximate surface area is 89.7 Å². The van der Waals surface area contributed by atoms with Gasteiger partial charge in [0.1, 0.15) is 0 Å². The van der Waals surface area contributed by atoms with Crippen LogP contribution in [0.1, 0.15) is 26.7 Å². The average molecular weight is 247 g/mol. The standard InChI is InChI=1S/C11H19BrO/c1-9(2)11(8-12)7-10-3-5-13-6-4-10/h7,9-10H,3-6,8H2,1-2H3. The highest BCUT2D eigenvalue weighted by atomic mass is 79.9. The Morgan fingerprint density at radius 1 is 1.46 bits per heavy atom. The number of rotatable bonds is 3. The highest BCUT2D eigenvalue weighted by molar-refractivity contribution is 9.09. The van der Waals surface area contributed by atoms with Gasteiger partial charge in [0.15, 0.2) is 0 Å². The van der Waals surface area contributed by atoms with Gasteiger partial charge in [0.25, 0.3) is 0 Å². The summed E-state index contributed by atoms with van der Waals surface area (Å²) in [4.78, 5) is 0. The normalized spacial score (nSPS) is 21.1. The first-order valence-electron chi connectivity index (χ1n) is 5.08. The van der Waals surface area contributed by atoms with Gasteiger partial charge < -0.3 is 4.74 Å². The summed E-state index contributed by atoms with van der Waals surface area (Å²) in [5.41, 5.74) is 1.53. The van der Waals surface area contributed by atoms with Crippen LogP contribution in [0.15, 0.2) is 11.6 Å². The average Bonchev–Trinajstić information content (AvgIpc) is 2.15. The van der Waals surface area contributed by atoms with Crippen molar-refractivity contribution in [3.63, 3.8) is 0 Å². The van der Waals surface area contributed by atoms with E-state index in [4.69, 9.17) is 4.74 Å². The van der Waals surface area contributed by atoms with Crippen LogP contribution in [0.3, 0.4) is 0 Å². The van der Waals surface area contributed by atoms with Gasteiger partial charge in [-0.3, -0.25) is 0 Å². The Hall–Kier alpha value is 0.180. The monoisotopic (exact) mass is 246 g/mol. The molecule has 0 bridgehead atoms. The smallest absolute Gasteiger partial charge is 0.0471 e. The molecule has 13 heavy (non-hydrogen) atoms. The molecule has 0 amide bonds. The summed E-state index contributed by atoms with van der Waals surface area (Å²) in [5.74, 6) is 1.42. The molecule has 0 radical (unpaired) electrons. The van der Waals surface area contributed by atoms with Crippen molar-refractivity contribution >= 4 is 15.9 Å². The zero-order valence-electron chi connectivity index (χ0n) is 8.55. The second kappa shape index (κ2) is 5.82. The number of hydrogen-bond donors (Lipinski definition) is 0. The molecule has 0 spiro atoms. The lowest BCUT2D eigenvalue weighted by molar-refractivity contribution is 0.0783. The largest absolute Gasteiger partial charge is 0.381 e. The van der Waals surface area contributed by atoms with Gasteiger partial charge in [-0.1, -0.05) is 41.4 Å². The van der Waals surface area contributed by atoms with E-state index in [1.54, 1.807) is 0 Å². The summed E-state index contributed by atoms with van der Waals surface area (Å²) in [6.45, 7) is 6.39. The Morgan fingerprint density at radius 3 is 2.54 bits per heavy atom. The third-order valence-electron chi connectivity index (χ3n) is 2.61. The minimum Gasteiger partial charge on any atom is -0.381 e. The fourth-order valence-corrected chi connectivity index (χ4v) is 2.41. The van der Waals surface area contributed by atoms with E-state index in [-0.39, 0.29) is 0 Å². The van der Waals surface area contributed by atoms with E-state index in [0.29, 0.717) is 5.92 Å². The van der Waals surface area contributed by atoms with Crippen LogP contribution in [0.4, 0.5) is 0 Å². The Balaban J connectivity index is 2.49. The van der Waals surface area contributed by atoms with Gasteiger partial charge >= 0.3 is 0 Å². The highest BCUT2D eigenvalue weighted by Crippen LogP contribution is 2.21. The van der Waals surface area contributed by atoms with E-state index < -0.39 is 0 Å². The molecular formula is C11H19BrO. The predicted molar refractivity (Wildman–Crippen MR) is 60.3 cm³/mol. The van der Waals surface area contributed by atoms with Crippen molar-refractivity contribution in [1.29, 1.82) is 0 Å². The van der Waals surface area contributed by atoms with Gasteiger partial charge in [-0.05, 0) is 24.7 Å². The highest BCUT2D eigenvalue weighted by Gasteiger charge is 2.12. The Kier molecular flexibility index (Phi) is 5.04. The lowest BCUT2D eigenvalue weighted by Crippen LogP contribution is -2.15.